The molecule has 170 valence electrons. The number of fused-ring (bicyclic) bond motifs is 1. The van der Waals surface area contributed by atoms with Gasteiger partial charge in [0.2, 0.25) is 5.91 Å². The van der Waals surface area contributed by atoms with Crippen molar-refractivity contribution < 1.29 is 9.90 Å². The van der Waals surface area contributed by atoms with Crippen molar-refractivity contribution >= 4 is 11.6 Å². The number of hydrogen-bond acceptors (Lipinski definition) is 4. The van der Waals surface area contributed by atoms with Gasteiger partial charge in [0.25, 0.3) is 5.56 Å². The molecule has 0 saturated carbocycles. The average Bonchev–Trinajstić information content (AvgIpc) is 3.49. The van der Waals surface area contributed by atoms with E-state index in [0.717, 1.165) is 42.6 Å². The first-order chi connectivity index (χ1) is 16.1. The van der Waals surface area contributed by atoms with Gasteiger partial charge in [-0.1, -0.05) is 48.5 Å². The van der Waals surface area contributed by atoms with E-state index < -0.39 is 12.1 Å². The number of nitrogens with zero attached hydrogens (tertiary/aromatic N) is 1. The van der Waals surface area contributed by atoms with E-state index in [-0.39, 0.29) is 17.5 Å². The lowest BCUT2D eigenvalue weighted by atomic mass is 10.0. The minimum absolute atomic E-state index is 0.0636. The fourth-order valence-corrected chi connectivity index (χ4v) is 5.14. The monoisotopic (exact) mass is 443 g/mol. The van der Waals surface area contributed by atoms with Crippen LogP contribution in [0.2, 0.25) is 0 Å². The molecular formula is C27H29N3O3. The van der Waals surface area contributed by atoms with Crippen molar-refractivity contribution in [3.05, 3.63) is 100.0 Å². The van der Waals surface area contributed by atoms with E-state index in [9.17, 15) is 14.7 Å². The molecule has 0 spiro atoms. The van der Waals surface area contributed by atoms with Crippen LogP contribution >= 0.6 is 0 Å². The molecule has 0 radical (unpaired) electrons. The zero-order chi connectivity index (χ0) is 22.8. The van der Waals surface area contributed by atoms with Gasteiger partial charge in [0.15, 0.2) is 0 Å². The van der Waals surface area contributed by atoms with E-state index in [4.69, 9.17) is 0 Å². The Bertz CT molecular complexity index is 1170. The molecule has 0 bridgehead atoms. The first-order valence-corrected chi connectivity index (χ1v) is 11.7. The first kappa shape index (κ1) is 21.6. The van der Waals surface area contributed by atoms with E-state index in [0.29, 0.717) is 12.5 Å². The van der Waals surface area contributed by atoms with Crippen molar-refractivity contribution in [2.75, 3.05) is 5.32 Å². The maximum atomic E-state index is 12.8. The van der Waals surface area contributed by atoms with E-state index in [1.165, 1.54) is 11.6 Å². The maximum absolute atomic E-state index is 12.8. The molecule has 3 heterocycles. The summed E-state index contributed by atoms with van der Waals surface area (Å²) in [5, 5.41) is 17.2. The minimum atomic E-state index is -0.498. The standard InChI is InChI=1S/C27H29N3O3/c31-25-8-4-7-22-14-16-24(30(22)25)27(33)29-20-11-9-18(10-12-20)17-21-13-15-23(28-21)26(32)19-5-2-1-3-6-19/h1-12,21,23-24,26,28,32H,13-17H2,(H,29,33)/t21-,23+,24?,26?/m0/s1. The highest BCUT2D eigenvalue weighted by Gasteiger charge is 2.30. The molecule has 4 atom stereocenters. The molecule has 6 heteroatoms. The van der Waals surface area contributed by atoms with Gasteiger partial charge in [-0.2, -0.15) is 0 Å². The largest absolute Gasteiger partial charge is 0.387 e. The van der Waals surface area contributed by atoms with Crippen molar-refractivity contribution in [3.63, 3.8) is 0 Å². The number of carbonyl (C=O) groups is 1. The SMILES string of the molecule is O=C(Nc1ccc(C[C@@H]2CC[C@H](C(O)c3ccccc3)N2)cc1)C1CCc2cccc(=O)n21. The van der Waals surface area contributed by atoms with Gasteiger partial charge in [-0.25, -0.2) is 0 Å². The number of rotatable bonds is 6. The molecule has 5 rings (SSSR count). The zero-order valence-corrected chi connectivity index (χ0v) is 18.5. The van der Waals surface area contributed by atoms with Crippen molar-refractivity contribution in [3.8, 4) is 0 Å². The highest BCUT2D eigenvalue weighted by molar-refractivity contribution is 5.94. The molecule has 2 aromatic carbocycles. The van der Waals surface area contributed by atoms with E-state index in [2.05, 4.69) is 10.6 Å². The third-order valence-electron chi connectivity index (χ3n) is 6.86. The van der Waals surface area contributed by atoms with Gasteiger partial charge in [-0.15, -0.1) is 0 Å². The highest BCUT2D eigenvalue weighted by Crippen LogP contribution is 2.27. The first-order valence-electron chi connectivity index (χ1n) is 11.7. The fraction of sp³-hybridized carbons (Fsp3) is 0.333. The van der Waals surface area contributed by atoms with Gasteiger partial charge >= 0.3 is 0 Å². The minimum Gasteiger partial charge on any atom is -0.387 e. The molecule has 1 aromatic heterocycles. The van der Waals surface area contributed by atoms with Crippen LogP contribution in [0.15, 0.2) is 77.6 Å². The van der Waals surface area contributed by atoms with Gasteiger partial charge in [0, 0.05) is 29.5 Å². The quantitative estimate of drug-likeness (QED) is 0.546. The Morgan fingerprint density at radius 2 is 1.79 bits per heavy atom. The second-order valence-electron chi connectivity index (χ2n) is 9.07. The average molecular weight is 444 g/mol. The molecule has 1 saturated heterocycles. The number of aliphatic hydroxyl groups is 1. The number of carbonyl (C=O) groups excluding carboxylic acids is 1. The molecule has 3 aromatic rings. The zero-order valence-electron chi connectivity index (χ0n) is 18.5. The van der Waals surface area contributed by atoms with Crippen LogP contribution in [-0.4, -0.2) is 27.7 Å². The Labute approximate surface area is 193 Å². The summed E-state index contributed by atoms with van der Waals surface area (Å²) in [5.41, 5.74) is 3.65. The summed E-state index contributed by atoms with van der Waals surface area (Å²) in [4.78, 5) is 25.0. The third-order valence-corrected chi connectivity index (χ3v) is 6.86. The number of aliphatic hydroxyl groups excluding tert-OH is 1. The molecule has 2 aliphatic rings. The number of pyridine rings is 1. The number of aryl methyl sites for hydroxylation is 1. The van der Waals surface area contributed by atoms with Gasteiger partial charge in [0.1, 0.15) is 6.04 Å². The summed E-state index contributed by atoms with van der Waals surface area (Å²) in [6.45, 7) is 0. The number of amides is 1. The Morgan fingerprint density at radius 3 is 2.58 bits per heavy atom. The molecule has 6 nitrogen and oxygen atoms in total. The number of benzene rings is 2. The van der Waals surface area contributed by atoms with Gasteiger partial charge < -0.3 is 20.3 Å². The van der Waals surface area contributed by atoms with Crippen molar-refractivity contribution in [1.82, 2.24) is 9.88 Å². The number of hydrogen-bond donors (Lipinski definition) is 3. The van der Waals surface area contributed by atoms with Crippen molar-refractivity contribution in [2.24, 2.45) is 0 Å². The Kier molecular flexibility index (Phi) is 6.11. The molecule has 1 fully saturated rings. The third kappa shape index (κ3) is 4.63. The number of nitrogens with one attached hydrogen (secondary N) is 2. The van der Waals surface area contributed by atoms with Crippen LogP contribution in [0.4, 0.5) is 5.69 Å². The van der Waals surface area contributed by atoms with Crippen LogP contribution in [-0.2, 0) is 17.6 Å². The maximum Gasteiger partial charge on any atom is 0.251 e. The summed E-state index contributed by atoms with van der Waals surface area (Å²) in [6.07, 6.45) is 3.72. The van der Waals surface area contributed by atoms with Crippen molar-refractivity contribution in [2.45, 2.75) is 56.3 Å². The lowest BCUT2D eigenvalue weighted by Gasteiger charge is -2.20. The molecule has 1 amide bonds. The molecule has 33 heavy (non-hydrogen) atoms. The lowest BCUT2D eigenvalue weighted by Crippen LogP contribution is -2.35. The van der Waals surface area contributed by atoms with Crippen LogP contribution in [0.25, 0.3) is 0 Å². The highest BCUT2D eigenvalue weighted by atomic mass is 16.3. The second-order valence-corrected chi connectivity index (χ2v) is 9.07. The van der Waals surface area contributed by atoms with Gasteiger partial charge in [0.05, 0.1) is 6.10 Å². The van der Waals surface area contributed by atoms with Gasteiger partial charge in [-0.3, -0.25) is 9.59 Å². The Balaban J connectivity index is 1.17. The summed E-state index contributed by atoms with van der Waals surface area (Å²) in [7, 11) is 0. The molecular weight excluding hydrogens is 414 g/mol. The smallest absolute Gasteiger partial charge is 0.251 e. The molecule has 2 unspecified atom stereocenters. The van der Waals surface area contributed by atoms with Crippen molar-refractivity contribution in [1.29, 1.82) is 0 Å². The van der Waals surface area contributed by atoms with Gasteiger partial charge in [-0.05, 0) is 61.4 Å². The normalized spacial score (nSPS) is 22.6. The summed E-state index contributed by atoms with van der Waals surface area (Å²) in [5.74, 6) is -0.148. The van der Waals surface area contributed by atoms with Crippen LogP contribution in [0, 0.1) is 0 Å². The Morgan fingerprint density at radius 1 is 1.00 bits per heavy atom. The Hall–Kier alpha value is -3.22. The van der Waals surface area contributed by atoms with Crippen LogP contribution in [0.1, 0.15) is 48.2 Å². The fourth-order valence-electron chi connectivity index (χ4n) is 5.14. The van der Waals surface area contributed by atoms with Crippen LogP contribution in [0.3, 0.4) is 0 Å². The van der Waals surface area contributed by atoms with E-state index in [1.807, 2.05) is 60.7 Å². The predicted molar refractivity (Wildman–Crippen MR) is 128 cm³/mol. The predicted octanol–water partition coefficient (Wildman–Crippen LogP) is 3.37. The summed E-state index contributed by atoms with van der Waals surface area (Å²) < 4.78 is 1.61. The van der Waals surface area contributed by atoms with E-state index in [1.54, 1.807) is 10.6 Å². The van der Waals surface area contributed by atoms with Crippen LogP contribution in [0.5, 0.6) is 0 Å². The second kappa shape index (κ2) is 9.33. The van der Waals surface area contributed by atoms with Crippen LogP contribution < -0.4 is 16.2 Å². The topological polar surface area (TPSA) is 83.4 Å². The number of aromatic nitrogens is 1. The summed E-state index contributed by atoms with van der Waals surface area (Å²) in [6, 6.07) is 22.8. The molecule has 2 aliphatic heterocycles. The molecule has 0 aliphatic carbocycles. The lowest BCUT2D eigenvalue weighted by molar-refractivity contribution is -0.119. The number of anilines is 1. The van der Waals surface area contributed by atoms with E-state index >= 15 is 0 Å². The molecule has 3 N–H and O–H groups in total. The summed E-state index contributed by atoms with van der Waals surface area (Å²) >= 11 is 0.